The minimum absolute atomic E-state index is 0.124. The number of imidazole rings is 1. The molecule has 0 N–H and O–H groups in total. The summed E-state index contributed by atoms with van der Waals surface area (Å²) in [5.41, 5.74) is 5.34. The second kappa shape index (κ2) is 9.47. The fourth-order valence-electron chi connectivity index (χ4n) is 4.00. The molecule has 6 heteroatoms. The first-order valence-corrected chi connectivity index (χ1v) is 16.3. The van der Waals surface area contributed by atoms with E-state index in [0.717, 1.165) is 35.7 Å². The standard InChI is InChI=1S/C26H38N2O2SSi/c1-17-12-22-23(13-18(17)2)28(16-30-10-11-32(3,4)5)26(27-22)25(31)24(29)21(14-19-6-7-19)15-20-8-9-20/h12-14,19-20,25,31H,6-11,15-16H2,1-5H3. The number of ether oxygens (including phenoxy) is 1. The van der Waals surface area contributed by atoms with E-state index in [1.165, 1.54) is 36.8 Å². The zero-order chi connectivity index (χ0) is 23.0. The van der Waals surface area contributed by atoms with E-state index in [4.69, 9.17) is 22.3 Å². The van der Waals surface area contributed by atoms with Crippen LogP contribution >= 0.6 is 12.6 Å². The third-order valence-electron chi connectivity index (χ3n) is 6.68. The minimum atomic E-state index is -1.16. The van der Waals surface area contributed by atoms with Crippen molar-refractivity contribution in [3.05, 3.63) is 40.7 Å². The second-order valence-corrected chi connectivity index (χ2v) is 17.3. The van der Waals surface area contributed by atoms with Gasteiger partial charge < -0.3 is 9.30 Å². The first-order chi connectivity index (χ1) is 15.1. The molecule has 0 spiro atoms. The van der Waals surface area contributed by atoms with Crippen LogP contribution in [-0.2, 0) is 16.3 Å². The van der Waals surface area contributed by atoms with Crippen molar-refractivity contribution < 1.29 is 9.53 Å². The van der Waals surface area contributed by atoms with Gasteiger partial charge in [-0.1, -0.05) is 25.7 Å². The highest BCUT2D eigenvalue weighted by molar-refractivity contribution is 7.81. The van der Waals surface area contributed by atoms with Crippen molar-refractivity contribution in [2.45, 2.75) is 83.6 Å². The number of hydrogen-bond acceptors (Lipinski definition) is 4. The molecule has 1 aromatic carbocycles. The number of carbonyl (C=O) groups excluding carboxylic acids is 1. The number of aromatic nitrogens is 2. The van der Waals surface area contributed by atoms with Crippen molar-refractivity contribution in [3.63, 3.8) is 0 Å². The number of thiol groups is 1. The number of allylic oxidation sites excluding steroid dienone is 2. The van der Waals surface area contributed by atoms with Crippen LogP contribution in [0.25, 0.3) is 11.0 Å². The summed E-state index contributed by atoms with van der Waals surface area (Å²) in [5.74, 6) is 2.10. The van der Waals surface area contributed by atoms with E-state index < -0.39 is 13.3 Å². The van der Waals surface area contributed by atoms with Gasteiger partial charge in [0.25, 0.3) is 0 Å². The van der Waals surface area contributed by atoms with Gasteiger partial charge in [0.15, 0.2) is 5.78 Å². The van der Waals surface area contributed by atoms with Gasteiger partial charge in [-0.15, -0.1) is 0 Å². The Balaban J connectivity index is 1.62. The summed E-state index contributed by atoms with van der Waals surface area (Å²) >= 11 is 4.84. The van der Waals surface area contributed by atoms with Crippen LogP contribution in [0.4, 0.5) is 0 Å². The molecule has 1 aromatic heterocycles. The Hall–Kier alpha value is -1.37. The summed E-state index contributed by atoms with van der Waals surface area (Å²) in [4.78, 5) is 18.5. The van der Waals surface area contributed by atoms with Gasteiger partial charge in [0.05, 0.1) is 11.0 Å². The van der Waals surface area contributed by atoms with E-state index in [9.17, 15) is 4.79 Å². The van der Waals surface area contributed by atoms with E-state index in [1.807, 2.05) is 0 Å². The van der Waals surface area contributed by atoms with Crippen molar-refractivity contribution in [1.29, 1.82) is 0 Å². The Bertz CT molecular complexity index is 1030. The summed E-state index contributed by atoms with van der Waals surface area (Å²) in [6.07, 6.45) is 8.04. The number of fused-ring (bicyclic) bond motifs is 1. The molecule has 2 aliphatic carbocycles. The molecular formula is C26H38N2O2SSi. The van der Waals surface area contributed by atoms with Crippen molar-refractivity contribution in [3.8, 4) is 0 Å². The molecule has 2 saturated carbocycles. The average molecular weight is 471 g/mol. The molecule has 174 valence electrons. The molecule has 0 bridgehead atoms. The maximum absolute atomic E-state index is 13.6. The lowest BCUT2D eigenvalue weighted by molar-refractivity contribution is -0.115. The Morgan fingerprint density at radius 3 is 2.53 bits per heavy atom. The van der Waals surface area contributed by atoms with Gasteiger partial charge in [-0.3, -0.25) is 4.79 Å². The van der Waals surface area contributed by atoms with Crippen LogP contribution in [0.3, 0.4) is 0 Å². The first-order valence-electron chi connectivity index (χ1n) is 12.1. The number of ketones is 1. The van der Waals surface area contributed by atoms with Gasteiger partial charge in [-0.05, 0) is 92.7 Å². The lowest BCUT2D eigenvalue weighted by atomic mass is 10.00. The maximum atomic E-state index is 13.6. The van der Waals surface area contributed by atoms with Gasteiger partial charge in [-0.2, -0.15) is 12.6 Å². The normalized spacial score (nSPS) is 18.4. The molecule has 0 saturated heterocycles. The summed E-state index contributed by atoms with van der Waals surface area (Å²) in [6.45, 7) is 12.4. The summed E-state index contributed by atoms with van der Waals surface area (Å²) in [6, 6.07) is 5.40. The molecule has 2 aromatic rings. The number of nitrogens with zero attached hydrogens (tertiary/aromatic N) is 2. The molecule has 0 aliphatic heterocycles. The largest absolute Gasteiger partial charge is 0.361 e. The number of aryl methyl sites for hydroxylation is 2. The second-order valence-electron chi connectivity index (χ2n) is 11.1. The number of carbonyl (C=O) groups is 1. The van der Waals surface area contributed by atoms with E-state index >= 15 is 0 Å². The molecule has 0 radical (unpaired) electrons. The van der Waals surface area contributed by atoms with Crippen LogP contribution in [0.15, 0.2) is 23.8 Å². The molecular weight excluding hydrogens is 432 g/mol. The SMILES string of the molecule is Cc1cc2nc(C(S)C(=O)C(=CC3CC3)CC3CC3)n(COCC[Si](C)(C)C)c2cc1C. The first kappa shape index (κ1) is 23.8. The predicted molar refractivity (Wildman–Crippen MR) is 138 cm³/mol. The van der Waals surface area contributed by atoms with Crippen LogP contribution in [0, 0.1) is 25.7 Å². The van der Waals surface area contributed by atoms with Crippen molar-refractivity contribution in [2.75, 3.05) is 6.61 Å². The molecule has 4 nitrogen and oxygen atoms in total. The number of benzene rings is 1. The highest BCUT2D eigenvalue weighted by atomic mass is 32.1. The van der Waals surface area contributed by atoms with Crippen LogP contribution in [0.1, 0.15) is 54.3 Å². The lowest BCUT2D eigenvalue weighted by Crippen LogP contribution is -2.22. The minimum Gasteiger partial charge on any atom is -0.361 e. The van der Waals surface area contributed by atoms with Gasteiger partial charge in [0, 0.05) is 14.7 Å². The Labute approximate surface area is 199 Å². The molecule has 32 heavy (non-hydrogen) atoms. The number of hydrogen-bond donors (Lipinski definition) is 1. The van der Waals surface area contributed by atoms with Crippen molar-refractivity contribution in [2.24, 2.45) is 11.8 Å². The van der Waals surface area contributed by atoms with Crippen molar-refractivity contribution >= 4 is 37.5 Å². The van der Waals surface area contributed by atoms with Crippen molar-refractivity contribution in [1.82, 2.24) is 9.55 Å². The molecule has 2 aliphatic rings. The van der Waals surface area contributed by atoms with Gasteiger partial charge in [-0.25, -0.2) is 4.98 Å². The fourth-order valence-corrected chi connectivity index (χ4v) is 5.12. The van der Waals surface area contributed by atoms with Crippen LogP contribution in [0.5, 0.6) is 0 Å². The number of Topliss-reactive ketones (excluding diaryl/α,β-unsaturated/α-hetero) is 1. The molecule has 1 atom stereocenters. The Morgan fingerprint density at radius 1 is 1.22 bits per heavy atom. The smallest absolute Gasteiger partial charge is 0.178 e. The maximum Gasteiger partial charge on any atom is 0.178 e. The predicted octanol–water partition coefficient (Wildman–Crippen LogP) is 6.64. The summed E-state index contributed by atoms with van der Waals surface area (Å²) < 4.78 is 8.19. The highest BCUT2D eigenvalue weighted by Gasteiger charge is 2.32. The highest BCUT2D eigenvalue weighted by Crippen LogP contribution is 2.40. The van der Waals surface area contributed by atoms with Gasteiger partial charge in [0.1, 0.15) is 17.8 Å². The molecule has 4 rings (SSSR count). The molecule has 1 unspecified atom stereocenters. The third kappa shape index (κ3) is 5.94. The lowest BCUT2D eigenvalue weighted by Gasteiger charge is -2.18. The van der Waals surface area contributed by atoms with Crippen LogP contribution < -0.4 is 0 Å². The zero-order valence-corrected chi connectivity index (χ0v) is 22.2. The van der Waals surface area contributed by atoms with E-state index in [1.54, 1.807) is 0 Å². The summed E-state index contributed by atoms with van der Waals surface area (Å²) in [7, 11) is -1.16. The van der Waals surface area contributed by atoms with E-state index in [0.29, 0.717) is 24.4 Å². The van der Waals surface area contributed by atoms with Gasteiger partial charge in [0.2, 0.25) is 0 Å². The topological polar surface area (TPSA) is 44.1 Å². The van der Waals surface area contributed by atoms with E-state index in [-0.39, 0.29) is 5.78 Å². The Morgan fingerprint density at radius 2 is 1.91 bits per heavy atom. The quantitative estimate of drug-likeness (QED) is 0.173. The molecule has 2 fully saturated rings. The molecule has 0 amide bonds. The monoisotopic (exact) mass is 470 g/mol. The van der Waals surface area contributed by atoms with E-state index in [2.05, 4.69) is 56.3 Å². The fraction of sp³-hybridized carbons (Fsp3) is 0.615. The summed E-state index contributed by atoms with van der Waals surface area (Å²) in [5, 5.41) is -0.563. The Kier molecular flexibility index (Phi) is 7.04. The zero-order valence-electron chi connectivity index (χ0n) is 20.3. The average Bonchev–Trinajstić information content (AvgIpc) is 3.64. The number of rotatable bonds is 11. The third-order valence-corrected chi connectivity index (χ3v) is 8.85. The van der Waals surface area contributed by atoms with Crippen LogP contribution in [-0.4, -0.2) is 30.0 Å². The molecule has 1 heterocycles. The van der Waals surface area contributed by atoms with Gasteiger partial charge >= 0.3 is 0 Å². The van der Waals surface area contributed by atoms with Crippen LogP contribution in [0.2, 0.25) is 25.7 Å².